The number of carbonyl (C=O) groups is 1. The number of hydrogen-bond acceptors (Lipinski definition) is 3. The van der Waals surface area contributed by atoms with Crippen LogP contribution in [0.5, 0.6) is 0 Å². The fourth-order valence-corrected chi connectivity index (χ4v) is 1.78. The Kier molecular flexibility index (Phi) is 3.67. The van der Waals surface area contributed by atoms with Crippen LogP contribution in [-0.2, 0) is 9.53 Å². The molecular formula is C14H18O3. The highest BCUT2D eigenvalue weighted by molar-refractivity contribution is 5.86. The molecule has 0 bridgehead atoms. The zero-order valence-corrected chi connectivity index (χ0v) is 10.3. The van der Waals surface area contributed by atoms with Gasteiger partial charge in [-0.3, -0.25) is 0 Å². The smallest absolute Gasteiger partial charge is 0.330 e. The van der Waals surface area contributed by atoms with Gasteiger partial charge in [0.15, 0.2) is 0 Å². The van der Waals surface area contributed by atoms with E-state index >= 15 is 0 Å². The molecular weight excluding hydrogens is 216 g/mol. The number of rotatable bonds is 5. The molecule has 1 fully saturated rings. The van der Waals surface area contributed by atoms with Gasteiger partial charge in [-0.2, -0.15) is 0 Å². The maximum Gasteiger partial charge on any atom is 0.330 e. The minimum Gasteiger partial charge on any atom is -0.463 e. The summed E-state index contributed by atoms with van der Waals surface area (Å²) < 4.78 is 10.6. The van der Waals surface area contributed by atoms with E-state index in [1.165, 1.54) is 12.5 Å². The van der Waals surface area contributed by atoms with Crippen LogP contribution in [0.3, 0.4) is 0 Å². The molecule has 0 aromatic carbocycles. The summed E-state index contributed by atoms with van der Waals surface area (Å²) in [6.45, 7) is 4.64. The molecule has 1 heterocycles. The summed E-state index contributed by atoms with van der Waals surface area (Å²) >= 11 is 0. The normalized spacial score (nSPS) is 22.9. The van der Waals surface area contributed by atoms with Crippen LogP contribution in [0.4, 0.5) is 0 Å². The Morgan fingerprint density at radius 1 is 1.59 bits per heavy atom. The van der Waals surface area contributed by atoms with Crippen molar-refractivity contribution in [2.24, 2.45) is 5.92 Å². The van der Waals surface area contributed by atoms with Crippen molar-refractivity contribution in [3.05, 3.63) is 29.7 Å². The predicted molar refractivity (Wildman–Crippen MR) is 65.5 cm³/mol. The SMILES string of the molecule is CCCOC(=O)C=Cc1ccc(C2CC2C)o1. The average Bonchev–Trinajstić information content (AvgIpc) is 2.88. The standard InChI is InChI=1S/C14H18O3/c1-3-8-16-14(15)7-5-11-4-6-13(17-11)12-9-10(12)2/h4-7,10,12H,3,8-9H2,1-2H3. The first-order valence-electron chi connectivity index (χ1n) is 6.15. The van der Waals surface area contributed by atoms with Crippen molar-refractivity contribution in [2.75, 3.05) is 6.61 Å². The monoisotopic (exact) mass is 234 g/mol. The van der Waals surface area contributed by atoms with E-state index in [0.717, 1.165) is 18.1 Å². The molecule has 0 saturated heterocycles. The second kappa shape index (κ2) is 5.21. The quantitative estimate of drug-likeness (QED) is 0.579. The first kappa shape index (κ1) is 12.0. The maximum atomic E-state index is 11.2. The molecule has 17 heavy (non-hydrogen) atoms. The van der Waals surface area contributed by atoms with Crippen LogP contribution in [0.2, 0.25) is 0 Å². The molecule has 1 aromatic heterocycles. The molecule has 1 saturated carbocycles. The van der Waals surface area contributed by atoms with Crippen molar-refractivity contribution >= 4 is 12.0 Å². The van der Waals surface area contributed by atoms with Crippen LogP contribution < -0.4 is 0 Å². The number of esters is 1. The second-order valence-corrected chi connectivity index (χ2v) is 4.56. The highest BCUT2D eigenvalue weighted by Gasteiger charge is 2.36. The topological polar surface area (TPSA) is 39.4 Å². The van der Waals surface area contributed by atoms with Gasteiger partial charge >= 0.3 is 5.97 Å². The van der Waals surface area contributed by atoms with Gasteiger partial charge in [-0.1, -0.05) is 13.8 Å². The number of hydrogen-bond donors (Lipinski definition) is 0. The van der Waals surface area contributed by atoms with Crippen LogP contribution in [-0.4, -0.2) is 12.6 Å². The number of furan rings is 1. The molecule has 2 unspecified atom stereocenters. The van der Waals surface area contributed by atoms with E-state index < -0.39 is 0 Å². The summed E-state index contributed by atoms with van der Waals surface area (Å²) in [5.41, 5.74) is 0. The van der Waals surface area contributed by atoms with Crippen LogP contribution in [0.25, 0.3) is 6.08 Å². The molecule has 0 aliphatic heterocycles. The van der Waals surface area contributed by atoms with Gasteiger partial charge in [0.25, 0.3) is 0 Å². The Morgan fingerprint density at radius 3 is 3.00 bits per heavy atom. The van der Waals surface area contributed by atoms with Crippen LogP contribution >= 0.6 is 0 Å². The number of ether oxygens (including phenoxy) is 1. The summed E-state index contributed by atoms with van der Waals surface area (Å²) in [6, 6.07) is 3.88. The van der Waals surface area contributed by atoms with Crippen LogP contribution in [0.15, 0.2) is 22.6 Å². The number of carbonyl (C=O) groups excluding carboxylic acids is 1. The molecule has 0 amide bonds. The molecule has 0 radical (unpaired) electrons. The third kappa shape index (κ3) is 3.22. The zero-order chi connectivity index (χ0) is 12.3. The Balaban J connectivity index is 1.88. The fourth-order valence-electron chi connectivity index (χ4n) is 1.78. The Morgan fingerprint density at radius 2 is 2.35 bits per heavy atom. The molecule has 2 rings (SSSR count). The summed E-state index contributed by atoms with van der Waals surface area (Å²) in [6.07, 6.45) is 5.11. The van der Waals surface area contributed by atoms with E-state index in [4.69, 9.17) is 9.15 Å². The van der Waals surface area contributed by atoms with Gasteiger partial charge in [0, 0.05) is 12.0 Å². The summed E-state index contributed by atoms with van der Waals surface area (Å²) in [7, 11) is 0. The minimum atomic E-state index is -0.315. The third-order valence-corrected chi connectivity index (χ3v) is 2.95. The average molecular weight is 234 g/mol. The fraction of sp³-hybridized carbons (Fsp3) is 0.500. The lowest BCUT2D eigenvalue weighted by molar-refractivity contribution is -0.137. The Labute approximate surface area is 101 Å². The zero-order valence-electron chi connectivity index (χ0n) is 10.3. The maximum absolute atomic E-state index is 11.2. The molecule has 1 aliphatic carbocycles. The lowest BCUT2D eigenvalue weighted by Gasteiger charge is -1.96. The lowest BCUT2D eigenvalue weighted by atomic mass is 10.3. The molecule has 2 atom stereocenters. The van der Waals surface area contributed by atoms with E-state index in [-0.39, 0.29) is 5.97 Å². The van der Waals surface area contributed by atoms with Crippen molar-refractivity contribution in [1.29, 1.82) is 0 Å². The van der Waals surface area contributed by atoms with Gasteiger partial charge in [-0.25, -0.2) is 4.79 Å². The van der Waals surface area contributed by atoms with Gasteiger partial charge in [0.05, 0.1) is 6.61 Å². The third-order valence-electron chi connectivity index (χ3n) is 2.95. The van der Waals surface area contributed by atoms with Gasteiger partial charge in [-0.15, -0.1) is 0 Å². The molecule has 1 aliphatic rings. The van der Waals surface area contributed by atoms with E-state index in [2.05, 4.69) is 6.92 Å². The molecule has 0 N–H and O–H groups in total. The molecule has 1 aromatic rings. The van der Waals surface area contributed by atoms with E-state index in [0.29, 0.717) is 18.3 Å². The summed E-state index contributed by atoms with van der Waals surface area (Å²) in [5, 5.41) is 0. The Bertz CT molecular complexity index is 417. The first-order valence-corrected chi connectivity index (χ1v) is 6.15. The largest absolute Gasteiger partial charge is 0.463 e. The van der Waals surface area contributed by atoms with Crippen LogP contribution in [0.1, 0.15) is 44.1 Å². The van der Waals surface area contributed by atoms with E-state index in [1.54, 1.807) is 6.08 Å². The van der Waals surface area contributed by atoms with Crippen molar-refractivity contribution in [1.82, 2.24) is 0 Å². The molecule has 3 heteroatoms. The van der Waals surface area contributed by atoms with E-state index in [1.807, 2.05) is 19.1 Å². The summed E-state index contributed by atoms with van der Waals surface area (Å²) in [4.78, 5) is 11.2. The van der Waals surface area contributed by atoms with Crippen molar-refractivity contribution in [3.63, 3.8) is 0 Å². The van der Waals surface area contributed by atoms with Crippen molar-refractivity contribution in [2.45, 2.75) is 32.6 Å². The second-order valence-electron chi connectivity index (χ2n) is 4.56. The first-order chi connectivity index (χ1) is 8.20. The van der Waals surface area contributed by atoms with Gasteiger partial charge in [0.1, 0.15) is 11.5 Å². The molecule has 3 nitrogen and oxygen atoms in total. The van der Waals surface area contributed by atoms with Crippen molar-refractivity contribution < 1.29 is 13.9 Å². The Hall–Kier alpha value is -1.51. The van der Waals surface area contributed by atoms with Gasteiger partial charge < -0.3 is 9.15 Å². The van der Waals surface area contributed by atoms with Gasteiger partial charge in [0.2, 0.25) is 0 Å². The predicted octanol–water partition coefficient (Wildman–Crippen LogP) is 3.37. The highest BCUT2D eigenvalue weighted by Crippen LogP contribution is 2.47. The van der Waals surface area contributed by atoms with E-state index in [9.17, 15) is 4.79 Å². The minimum absolute atomic E-state index is 0.315. The summed E-state index contributed by atoms with van der Waals surface area (Å²) in [5.74, 6) is 2.73. The lowest BCUT2D eigenvalue weighted by Crippen LogP contribution is -2.00. The van der Waals surface area contributed by atoms with Crippen LogP contribution in [0, 0.1) is 5.92 Å². The van der Waals surface area contributed by atoms with Gasteiger partial charge in [-0.05, 0) is 37.0 Å². The van der Waals surface area contributed by atoms with Crippen molar-refractivity contribution in [3.8, 4) is 0 Å². The highest BCUT2D eigenvalue weighted by atomic mass is 16.5. The molecule has 92 valence electrons. The molecule has 0 spiro atoms.